The van der Waals surface area contributed by atoms with Crippen molar-refractivity contribution in [3.8, 4) is 11.1 Å². The van der Waals surface area contributed by atoms with Crippen LogP contribution < -0.4 is 9.80 Å². The highest BCUT2D eigenvalue weighted by Crippen LogP contribution is 2.52. The van der Waals surface area contributed by atoms with Crippen LogP contribution >= 0.6 is 0 Å². The maximum atomic E-state index is 11.5. The minimum atomic E-state index is -0.391. The predicted molar refractivity (Wildman–Crippen MR) is 235 cm³/mol. The number of hydrogen-bond donors (Lipinski definition) is 0. The van der Waals surface area contributed by atoms with Crippen LogP contribution in [0, 0.1) is 0 Å². The summed E-state index contributed by atoms with van der Waals surface area (Å²) in [6.45, 7) is 10.8. The first-order valence-electron chi connectivity index (χ1n) is 20.1. The molecule has 0 atom stereocenters. The van der Waals surface area contributed by atoms with E-state index in [1.807, 2.05) is 97.1 Å². The van der Waals surface area contributed by atoms with Crippen molar-refractivity contribution in [3.63, 3.8) is 0 Å². The molecule has 0 bridgehead atoms. The Morgan fingerprint density at radius 2 is 0.607 bits per heavy atom. The lowest BCUT2D eigenvalue weighted by molar-refractivity contribution is -0.143. The molecule has 61 heavy (non-hydrogen) atoms. The molecule has 0 saturated carbocycles. The number of esters is 4. The fourth-order valence-corrected chi connectivity index (χ4v) is 7.59. The Bertz CT molecular complexity index is 2260. The number of fused-ring (bicyclic) bond motifs is 3. The van der Waals surface area contributed by atoms with E-state index in [1.165, 1.54) is 38.8 Å². The third-order valence-corrected chi connectivity index (χ3v) is 10.7. The molecule has 0 unspecified atom stereocenters. The Hall–Kier alpha value is -7.20. The zero-order valence-corrected chi connectivity index (χ0v) is 35.2. The van der Waals surface area contributed by atoms with Crippen LogP contribution in [0.1, 0.15) is 74.9 Å². The van der Waals surface area contributed by atoms with Gasteiger partial charge in [0.15, 0.2) is 0 Å². The van der Waals surface area contributed by atoms with Crippen molar-refractivity contribution in [2.24, 2.45) is 0 Å². The molecular weight excluding hydrogens is 769 g/mol. The molecule has 0 N–H and O–H groups in total. The molecule has 6 aromatic carbocycles. The summed E-state index contributed by atoms with van der Waals surface area (Å²) >= 11 is 0. The van der Waals surface area contributed by atoms with E-state index < -0.39 is 5.41 Å². The molecule has 0 aliphatic heterocycles. The Kier molecular flexibility index (Phi) is 12.4. The second-order valence-corrected chi connectivity index (χ2v) is 15.5. The van der Waals surface area contributed by atoms with Crippen LogP contribution in [-0.4, -0.2) is 23.9 Å². The van der Waals surface area contributed by atoms with Crippen molar-refractivity contribution in [2.45, 2.75) is 73.4 Å². The Morgan fingerprint density at radius 1 is 0.377 bits per heavy atom. The number of rotatable bonds is 14. The van der Waals surface area contributed by atoms with Gasteiger partial charge in [0.25, 0.3) is 0 Å². The van der Waals surface area contributed by atoms with Crippen molar-refractivity contribution >= 4 is 58.0 Å². The summed E-state index contributed by atoms with van der Waals surface area (Å²) in [5, 5.41) is 0. The molecule has 10 heteroatoms. The molecule has 6 aromatic rings. The highest BCUT2D eigenvalue weighted by Gasteiger charge is 2.37. The van der Waals surface area contributed by atoms with Gasteiger partial charge in [-0.25, -0.2) is 0 Å². The number of nitrogens with zero attached hydrogens (tertiary/aromatic N) is 2. The molecule has 7 rings (SSSR count). The summed E-state index contributed by atoms with van der Waals surface area (Å²) in [5.41, 5.74) is 13.4. The van der Waals surface area contributed by atoms with E-state index in [1.54, 1.807) is 0 Å². The molecule has 310 valence electrons. The normalized spacial score (nSPS) is 12.1. The summed E-state index contributed by atoms with van der Waals surface area (Å²) in [7, 11) is 0. The number of anilines is 6. The second-order valence-electron chi connectivity index (χ2n) is 15.5. The van der Waals surface area contributed by atoms with Crippen molar-refractivity contribution in [2.75, 3.05) is 9.80 Å². The summed E-state index contributed by atoms with van der Waals surface area (Å²) in [4.78, 5) is 50.4. The van der Waals surface area contributed by atoms with Gasteiger partial charge >= 0.3 is 23.9 Å². The highest BCUT2D eigenvalue weighted by atomic mass is 16.5. The Labute approximate surface area is 356 Å². The monoisotopic (exact) mass is 816 g/mol. The number of benzene rings is 6. The third-order valence-electron chi connectivity index (χ3n) is 10.7. The van der Waals surface area contributed by atoms with Gasteiger partial charge < -0.3 is 28.7 Å². The number of carbonyl (C=O) groups excluding carboxylic acids is 4. The van der Waals surface area contributed by atoms with Gasteiger partial charge in [-0.1, -0.05) is 74.5 Å². The summed E-state index contributed by atoms with van der Waals surface area (Å²) in [5.74, 6) is -1.34. The quantitative estimate of drug-likeness (QED) is 0.0778. The van der Waals surface area contributed by atoms with Crippen LogP contribution in [-0.2, 0) is 70.0 Å². The molecule has 0 heterocycles. The topological polar surface area (TPSA) is 112 Å². The molecular formula is C51H48N2O8. The van der Waals surface area contributed by atoms with Crippen LogP contribution in [0.5, 0.6) is 0 Å². The zero-order valence-electron chi connectivity index (χ0n) is 35.2. The highest BCUT2D eigenvalue weighted by molar-refractivity contribution is 5.88. The zero-order chi connectivity index (χ0) is 43.3. The molecule has 1 aliphatic carbocycles. The van der Waals surface area contributed by atoms with Crippen molar-refractivity contribution < 1.29 is 38.1 Å². The van der Waals surface area contributed by atoms with Gasteiger partial charge in [-0.3, -0.25) is 19.2 Å². The lowest BCUT2D eigenvalue weighted by atomic mass is 9.82. The SMILES string of the molecule is CC(=O)OCc1ccc(N(c2ccc(COC(C)=O)cc2)c2ccc3c(c2)C(C)(C)c2cc(N(c4ccc(COC(C)=O)cc4)c4ccc(COC(C)=O)cc4)ccc2-3)cc1. The molecule has 0 fully saturated rings. The standard InChI is InChI=1S/C51H48N2O8/c1-33(54)58-29-37-7-15-41(16-8-37)52(42-17-9-38(10-18-42)30-59-34(2)55)45-23-25-47-48-26-24-46(28-50(48)51(5,6)49(47)27-45)53(43-19-11-39(12-20-43)31-60-35(3)56)44-21-13-40(14-22-44)32-61-36(4)57/h7-28H,29-32H2,1-6H3. The van der Waals surface area contributed by atoms with Gasteiger partial charge in [0, 0.05) is 67.2 Å². The van der Waals surface area contributed by atoms with Crippen LogP contribution in [0.3, 0.4) is 0 Å². The number of carbonyl (C=O) groups is 4. The first kappa shape index (κ1) is 41.9. The van der Waals surface area contributed by atoms with Crippen molar-refractivity contribution in [3.05, 3.63) is 167 Å². The van der Waals surface area contributed by atoms with Crippen LogP contribution in [0.25, 0.3) is 11.1 Å². The molecule has 0 aromatic heterocycles. The molecule has 10 nitrogen and oxygen atoms in total. The lowest BCUT2D eigenvalue weighted by Crippen LogP contribution is -2.17. The molecule has 1 aliphatic rings. The van der Waals surface area contributed by atoms with Gasteiger partial charge in [0.05, 0.1) is 0 Å². The van der Waals surface area contributed by atoms with E-state index in [2.05, 4.69) is 60.0 Å². The number of hydrogen-bond acceptors (Lipinski definition) is 10. The van der Waals surface area contributed by atoms with Crippen LogP contribution in [0.4, 0.5) is 34.1 Å². The Balaban J connectivity index is 1.26. The van der Waals surface area contributed by atoms with Crippen molar-refractivity contribution in [1.82, 2.24) is 0 Å². The summed E-state index contributed by atoms with van der Waals surface area (Å²) in [6.07, 6.45) is 0. The van der Waals surface area contributed by atoms with Gasteiger partial charge in [0.1, 0.15) is 26.4 Å². The van der Waals surface area contributed by atoms with Crippen LogP contribution in [0.2, 0.25) is 0 Å². The largest absolute Gasteiger partial charge is 0.461 e. The molecule has 0 saturated heterocycles. The van der Waals surface area contributed by atoms with E-state index in [0.717, 1.165) is 67.5 Å². The summed E-state index contributed by atoms with van der Waals surface area (Å²) < 4.78 is 21.0. The molecule has 0 radical (unpaired) electrons. The molecule has 0 spiro atoms. The smallest absolute Gasteiger partial charge is 0.302 e. The van der Waals surface area contributed by atoms with E-state index in [-0.39, 0.29) is 50.3 Å². The van der Waals surface area contributed by atoms with E-state index in [4.69, 9.17) is 18.9 Å². The average molecular weight is 817 g/mol. The minimum Gasteiger partial charge on any atom is -0.461 e. The van der Waals surface area contributed by atoms with Crippen molar-refractivity contribution in [1.29, 1.82) is 0 Å². The van der Waals surface area contributed by atoms with Gasteiger partial charge in [0.2, 0.25) is 0 Å². The number of ether oxygens (including phenoxy) is 4. The fraction of sp³-hybridized carbons (Fsp3) is 0.216. The van der Waals surface area contributed by atoms with E-state index in [0.29, 0.717) is 0 Å². The third kappa shape index (κ3) is 9.65. The Morgan fingerprint density at radius 3 is 0.836 bits per heavy atom. The van der Waals surface area contributed by atoms with E-state index in [9.17, 15) is 19.2 Å². The maximum Gasteiger partial charge on any atom is 0.302 e. The van der Waals surface area contributed by atoms with Crippen LogP contribution in [0.15, 0.2) is 133 Å². The fourth-order valence-electron chi connectivity index (χ4n) is 7.59. The second kappa shape index (κ2) is 18.0. The minimum absolute atomic E-state index is 0.188. The first-order chi connectivity index (χ1) is 29.3. The van der Waals surface area contributed by atoms with Gasteiger partial charge in [-0.2, -0.15) is 0 Å². The van der Waals surface area contributed by atoms with E-state index >= 15 is 0 Å². The lowest BCUT2D eigenvalue weighted by Gasteiger charge is -2.29. The van der Waals surface area contributed by atoms with Gasteiger partial charge in [-0.05, 0) is 117 Å². The average Bonchev–Trinajstić information content (AvgIpc) is 3.47. The first-order valence-corrected chi connectivity index (χ1v) is 20.1. The van der Waals surface area contributed by atoms with Gasteiger partial charge in [-0.15, -0.1) is 0 Å². The summed E-state index contributed by atoms with van der Waals surface area (Å²) in [6, 6.07) is 45.0. The molecule has 0 amide bonds. The predicted octanol–water partition coefficient (Wildman–Crippen LogP) is 11.2. The maximum absolute atomic E-state index is 11.5.